The second kappa shape index (κ2) is 6.51. The van der Waals surface area contributed by atoms with E-state index in [0.29, 0.717) is 12.6 Å². The Balaban J connectivity index is 2.28. The number of piperidine rings is 1. The highest BCUT2D eigenvalue weighted by molar-refractivity contribution is 5.98. The standard InChI is InChI=1S/C13H20N4O3/c1-14-9-5-4-6-17(7-9)13(18)10-11(19-2)15-8-16-12(10)20-3/h8-9,14H,4-7H2,1-3H3. The Morgan fingerprint density at radius 1 is 1.35 bits per heavy atom. The van der Waals surface area contributed by atoms with Crippen LogP contribution in [0.2, 0.25) is 0 Å². The van der Waals surface area contributed by atoms with Gasteiger partial charge in [0, 0.05) is 19.1 Å². The fraction of sp³-hybridized carbons (Fsp3) is 0.615. The van der Waals surface area contributed by atoms with Crippen molar-refractivity contribution in [2.75, 3.05) is 34.4 Å². The number of aromatic nitrogens is 2. The molecule has 2 rings (SSSR count). The van der Waals surface area contributed by atoms with Gasteiger partial charge < -0.3 is 19.7 Å². The first-order valence-electron chi connectivity index (χ1n) is 6.60. The Hall–Kier alpha value is -1.89. The normalized spacial score (nSPS) is 18.8. The number of ether oxygens (including phenoxy) is 2. The molecule has 1 N–H and O–H groups in total. The molecule has 110 valence electrons. The van der Waals surface area contributed by atoms with Gasteiger partial charge in [-0.3, -0.25) is 4.79 Å². The van der Waals surface area contributed by atoms with E-state index < -0.39 is 0 Å². The van der Waals surface area contributed by atoms with Crippen molar-refractivity contribution >= 4 is 5.91 Å². The van der Waals surface area contributed by atoms with Crippen LogP contribution in [0.1, 0.15) is 23.2 Å². The molecule has 1 unspecified atom stereocenters. The second-order valence-electron chi connectivity index (χ2n) is 4.65. The Kier molecular flexibility index (Phi) is 4.73. The van der Waals surface area contributed by atoms with Crippen LogP contribution >= 0.6 is 0 Å². The van der Waals surface area contributed by atoms with Crippen LogP contribution in [0.25, 0.3) is 0 Å². The van der Waals surface area contributed by atoms with E-state index in [0.717, 1.165) is 19.4 Å². The minimum Gasteiger partial charge on any atom is -0.480 e. The number of carbonyl (C=O) groups excluding carboxylic acids is 1. The zero-order chi connectivity index (χ0) is 14.5. The summed E-state index contributed by atoms with van der Waals surface area (Å²) in [6.45, 7) is 1.38. The number of carbonyl (C=O) groups is 1. The summed E-state index contributed by atoms with van der Waals surface area (Å²) < 4.78 is 10.3. The third kappa shape index (κ3) is 2.82. The van der Waals surface area contributed by atoms with Crippen LogP contribution in [0, 0.1) is 0 Å². The van der Waals surface area contributed by atoms with E-state index in [1.54, 1.807) is 4.90 Å². The molecule has 2 heterocycles. The minimum atomic E-state index is -0.153. The second-order valence-corrected chi connectivity index (χ2v) is 4.65. The van der Waals surface area contributed by atoms with E-state index in [1.165, 1.54) is 20.5 Å². The molecule has 1 saturated heterocycles. The molecular weight excluding hydrogens is 260 g/mol. The number of likely N-dealkylation sites (N-methyl/N-ethyl adjacent to an activating group) is 1. The van der Waals surface area contributed by atoms with Gasteiger partial charge in [0.25, 0.3) is 5.91 Å². The molecule has 1 amide bonds. The highest BCUT2D eigenvalue weighted by atomic mass is 16.5. The van der Waals surface area contributed by atoms with Gasteiger partial charge in [-0.05, 0) is 19.9 Å². The lowest BCUT2D eigenvalue weighted by atomic mass is 10.1. The Labute approximate surface area is 118 Å². The number of amides is 1. The SMILES string of the molecule is CNC1CCCN(C(=O)c2c(OC)ncnc2OC)C1. The molecule has 1 atom stereocenters. The third-order valence-electron chi connectivity index (χ3n) is 3.50. The predicted molar refractivity (Wildman–Crippen MR) is 73.1 cm³/mol. The van der Waals surface area contributed by atoms with Gasteiger partial charge in [0.15, 0.2) is 5.56 Å². The quantitative estimate of drug-likeness (QED) is 0.856. The van der Waals surface area contributed by atoms with E-state index in [4.69, 9.17) is 9.47 Å². The lowest BCUT2D eigenvalue weighted by Gasteiger charge is -2.32. The van der Waals surface area contributed by atoms with Crippen molar-refractivity contribution in [1.29, 1.82) is 0 Å². The maximum Gasteiger partial charge on any atom is 0.264 e. The molecule has 7 nitrogen and oxygen atoms in total. The molecule has 0 spiro atoms. The molecule has 0 aliphatic carbocycles. The maximum absolute atomic E-state index is 12.7. The Morgan fingerprint density at radius 2 is 2.00 bits per heavy atom. The van der Waals surface area contributed by atoms with Crippen LogP contribution in [0.4, 0.5) is 0 Å². The first-order chi connectivity index (χ1) is 9.71. The topological polar surface area (TPSA) is 76.6 Å². The summed E-state index contributed by atoms with van der Waals surface area (Å²) in [5.41, 5.74) is 0.286. The van der Waals surface area contributed by atoms with Gasteiger partial charge in [-0.25, -0.2) is 9.97 Å². The summed E-state index contributed by atoms with van der Waals surface area (Å²) in [6.07, 6.45) is 3.36. The van der Waals surface area contributed by atoms with Gasteiger partial charge in [-0.15, -0.1) is 0 Å². The van der Waals surface area contributed by atoms with Crippen molar-refractivity contribution in [2.45, 2.75) is 18.9 Å². The number of hydrogen-bond donors (Lipinski definition) is 1. The average Bonchev–Trinajstić information content (AvgIpc) is 2.53. The summed E-state index contributed by atoms with van der Waals surface area (Å²) in [4.78, 5) is 22.4. The van der Waals surface area contributed by atoms with Crippen LogP contribution < -0.4 is 14.8 Å². The number of likely N-dealkylation sites (tertiary alicyclic amines) is 1. The van der Waals surface area contributed by atoms with Crippen molar-refractivity contribution in [1.82, 2.24) is 20.2 Å². The number of rotatable bonds is 4. The van der Waals surface area contributed by atoms with Crippen LogP contribution in [0.5, 0.6) is 11.8 Å². The van der Waals surface area contributed by atoms with Crippen LogP contribution in [0.15, 0.2) is 6.33 Å². The molecule has 1 aliphatic rings. The molecule has 0 saturated carbocycles. The Bertz CT molecular complexity index is 458. The number of nitrogens with one attached hydrogen (secondary N) is 1. The zero-order valence-electron chi connectivity index (χ0n) is 12.0. The highest BCUT2D eigenvalue weighted by Gasteiger charge is 2.29. The van der Waals surface area contributed by atoms with E-state index in [2.05, 4.69) is 15.3 Å². The van der Waals surface area contributed by atoms with Crippen molar-refractivity contribution in [2.24, 2.45) is 0 Å². The summed E-state index contributed by atoms with van der Waals surface area (Å²) in [7, 11) is 4.86. The first-order valence-corrected chi connectivity index (χ1v) is 6.60. The van der Waals surface area contributed by atoms with Gasteiger partial charge in [0.05, 0.1) is 14.2 Å². The molecule has 1 aromatic rings. The number of hydrogen-bond acceptors (Lipinski definition) is 6. The molecule has 1 fully saturated rings. The highest BCUT2D eigenvalue weighted by Crippen LogP contribution is 2.26. The third-order valence-corrected chi connectivity index (χ3v) is 3.50. The average molecular weight is 280 g/mol. The fourth-order valence-corrected chi connectivity index (χ4v) is 2.40. The predicted octanol–water partition coefficient (Wildman–Crippen LogP) is 0.318. The largest absolute Gasteiger partial charge is 0.480 e. The molecule has 0 aromatic carbocycles. The van der Waals surface area contributed by atoms with Gasteiger partial charge in [-0.1, -0.05) is 0 Å². The van der Waals surface area contributed by atoms with Gasteiger partial charge >= 0.3 is 0 Å². The fourth-order valence-electron chi connectivity index (χ4n) is 2.40. The molecule has 0 radical (unpaired) electrons. The molecular formula is C13H20N4O3. The summed E-state index contributed by atoms with van der Waals surface area (Å²) in [6, 6.07) is 0.314. The molecule has 1 aliphatic heterocycles. The molecule has 7 heteroatoms. The number of nitrogens with zero attached hydrogens (tertiary/aromatic N) is 3. The van der Waals surface area contributed by atoms with Gasteiger partial charge in [0.2, 0.25) is 11.8 Å². The van der Waals surface area contributed by atoms with Gasteiger partial charge in [0.1, 0.15) is 6.33 Å². The lowest BCUT2D eigenvalue weighted by molar-refractivity contribution is 0.0689. The van der Waals surface area contributed by atoms with E-state index in [1.807, 2.05) is 7.05 Å². The van der Waals surface area contributed by atoms with Crippen LogP contribution in [0.3, 0.4) is 0 Å². The maximum atomic E-state index is 12.7. The summed E-state index contributed by atoms with van der Waals surface area (Å²) >= 11 is 0. The molecule has 1 aromatic heterocycles. The van der Waals surface area contributed by atoms with Crippen molar-refractivity contribution in [3.63, 3.8) is 0 Å². The van der Waals surface area contributed by atoms with Crippen molar-refractivity contribution in [3.8, 4) is 11.8 Å². The van der Waals surface area contributed by atoms with E-state index in [9.17, 15) is 4.79 Å². The van der Waals surface area contributed by atoms with Crippen molar-refractivity contribution in [3.05, 3.63) is 11.9 Å². The zero-order valence-corrected chi connectivity index (χ0v) is 12.0. The summed E-state index contributed by atoms with van der Waals surface area (Å²) in [5, 5.41) is 3.21. The van der Waals surface area contributed by atoms with Crippen LogP contribution in [-0.4, -0.2) is 61.2 Å². The summed E-state index contributed by atoms with van der Waals surface area (Å²) in [5.74, 6) is 0.334. The van der Waals surface area contributed by atoms with Crippen molar-refractivity contribution < 1.29 is 14.3 Å². The minimum absolute atomic E-state index is 0.153. The smallest absolute Gasteiger partial charge is 0.264 e. The molecule has 20 heavy (non-hydrogen) atoms. The Morgan fingerprint density at radius 3 is 2.55 bits per heavy atom. The lowest BCUT2D eigenvalue weighted by Crippen LogP contribution is -2.47. The van der Waals surface area contributed by atoms with Crippen LogP contribution in [-0.2, 0) is 0 Å². The van der Waals surface area contributed by atoms with E-state index >= 15 is 0 Å². The molecule has 0 bridgehead atoms. The first kappa shape index (κ1) is 14.5. The van der Waals surface area contributed by atoms with Gasteiger partial charge in [-0.2, -0.15) is 0 Å². The monoisotopic (exact) mass is 280 g/mol. The van der Waals surface area contributed by atoms with E-state index in [-0.39, 0.29) is 23.2 Å². The number of methoxy groups -OCH3 is 2.